The van der Waals surface area contributed by atoms with E-state index in [1.165, 1.54) is 0 Å². The molecular formula is C13H20O3. The molecule has 0 aromatic heterocycles. The van der Waals surface area contributed by atoms with Crippen LogP contribution < -0.4 is 0 Å². The minimum Gasteiger partial charge on any atom is -0.299 e. The van der Waals surface area contributed by atoms with E-state index in [1.807, 2.05) is 19.9 Å². The molecule has 1 aliphatic carbocycles. The highest BCUT2D eigenvalue weighted by atomic mass is 17.2. The van der Waals surface area contributed by atoms with E-state index in [0.29, 0.717) is 12.2 Å². The lowest BCUT2D eigenvalue weighted by Crippen LogP contribution is -2.52. The van der Waals surface area contributed by atoms with Crippen molar-refractivity contribution < 1.29 is 14.6 Å². The van der Waals surface area contributed by atoms with Gasteiger partial charge >= 0.3 is 0 Å². The van der Waals surface area contributed by atoms with E-state index in [4.69, 9.17) is 9.78 Å². The number of allylic oxidation sites excluding steroid dienone is 1. The third-order valence-electron chi connectivity index (χ3n) is 3.88. The molecule has 0 radical (unpaired) electrons. The summed E-state index contributed by atoms with van der Waals surface area (Å²) in [6.07, 6.45) is 6.58. The number of hydrogen-bond donors (Lipinski definition) is 0. The standard InChI is InChI=1S/C13H20O3/c1-4-5-6-13(3)10-7-11(14)9(2)12(8-10)15-16-13/h5-6,9-10,12H,4,7-8H2,1-3H3. The summed E-state index contributed by atoms with van der Waals surface area (Å²) in [4.78, 5) is 22.7. The molecule has 0 amide bonds. The lowest BCUT2D eigenvalue weighted by atomic mass is 9.71. The van der Waals surface area contributed by atoms with Crippen LogP contribution >= 0.6 is 0 Å². The van der Waals surface area contributed by atoms with E-state index in [1.54, 1.807) is 0 Å². The second kappa shape index (κ2) is 4.30. The van der Waals surface area contributed by atoms with Crippen molar-refractivity contribution in [3.63, 3.8) is 0 Å². The number of fused-ring (bicyclic) bond motifs is 2. The average molecular weight is 224 g/mol. The van der Waals surface area contributed by atoms with Crippen LogP contribution in [0, 0.1) is 11.8 Å². The molecule has 0 aromatic rings. The smallest absolute Gasteiger partial charge is 0.138 e. The van der Waals surface area contributed by atoms with Crippen molar-refractivity contribution in [2.45, 2.75) is 51.7 Å². The highest BCUT2D eigenvalue weighted by Gasteiger charge is 2.48. The maximum absolute atomic E-state index is 11.8. The van der Waals surface area contributed by atoms with E-state index < -0.39 is 5.60 Å². The van der Waals surface area contributed by atoms with Gasteiger partial charge in [0.1, 0.15) is 17.5 Å². The molecule has 90 valence electrons. The average Bonchev–Trinajstić information content (AvgIpc) is 2.27. The van der Waals surface area contributed by atoms with E-state index >= 15 is 0 Å². The van der Waals surface area contributed by atoms with Crippen LogP contribution in [0.2, 0.25) is 0 Å². The van der Waals surface area contributed by atoms with Crippen molar-refractivity contribution in [2.24, 2.45) is 11.8 Å². The molecular weight excluding hydrogens is 204 g/mol. The zero-order valence-electron chi connectivity index (χ0n) is 10.2. The Hall–Kier alpha value is -0.670. The Labute approximate surface area is 96.7 Å². The van der Waals surface area contributed by atoms with Crippen LogP contribution in [0.15, 0.2) is 12.2 Å². The van der Waals surface area contributed by atoms with Crippen molar-refractivity contribution in [3.8, 4) is 0 Å². The van der Waals surface area contributed by atoms with Crippen LogP contribution in [0.5, 0.6) is 0 Å². The maximum Gasteiger partial charge on any atom is 0.138 e. The predicted octanol–water partition coefficient (Wildman–Crippen LogP) is 2.66. The fourth-order valence-corrected chi connectivity index (χ4v) is 2.51. The summed E-state index contributed by atoms with van der Waals surface area (Å²) in [5, 5.41) is 0. The summed E-state index contributed by atoms with van der Waals surface area (Å²) in [7, 11) is 0. The van der Waals surface area contributed by atoms with Gasteiger partial charge in [0.25, 0.3) is 0 Å². The van der Waals surface area contributed by atoms with E-state index in [0.717, 1.165) is 12.8 Å². The summed E-state index contributed by atoms with van der Waals surface area (Å²) < 4.78 is 0. The fourth-order valence-electron chi connectivity index (χ4n) is 2.51. The highest BCUT2D eigenvalue weighted by Crippen LogP contribution is 2.42. The first-order chi connectivity index (χ1) is 7.57. The van der Waals surface area contributed by atoms with Crippen LogP contribution in [0.1, 0.15) is 40.0 Å². The van der Waals surface area contributed by atoms with Gasteiger partial charge in [-0.3, -0.25) is 4.79 Å². The molecule has 3 nitrogen and oxygen atoms in total. The van der Waals surface area contributed by atoms with E-state index in [-0.39, 0.29) is 17.9 Å². The van der Waals surface area contributed by atoms with Gasteiger partial charge in [0.2, 0.25) is 0 Å². The molecule has 2 aliphatic rings. The highest BCUT2D eigenvalue weighted by molar-refractivity contribution is 5.82. The van der Waals surface area contributed by atoms with Crippen molar-refractivity contribution in [3.05, 3.63) is 12.2 Å². The molecule has 0 aromatic carbocycles. The quantitative estimate of drug-likeness (QED) is 0.534. The largest absolute Gasteiger partial charge is 0.299 e. The summed E-state index contributed by atoms with van der Waals surface area (Å²) >= 11 is 0. The maximum atomic E-state index is 11.8. The van der Waals surface area contributed by atoms with Gasteiger partial charge in [-0.1, -0.05) is 26.0 Å². The summed E-state index contributed by atoms with van der Waals surface area (Å²) in [5.41, 5.74) is -0.428. The summed E-state index contributed by atoms with van der Waals surface area (Å²) in [6.45, 7) is 6.01. The molecule has 2 fully saturated rings. The first-order valence-corrected chi connectivity index (χ1v) is 6.11. The molecule has 16 heavy (non-hydrogen) atoms. The summed E-state index contributed by atoms with van der Waals surface area (Å²) in [5.74, 6) is 0.550. The molecule has 2 bridgehead atoms. The van der Waals surface area contributed by atoms with Gasteiger partial charge in [0.05, 0.1) is 0 Å². The SMILES string of the molecule is CCC=CC1(C)OOC2CC1CC(=O)C2C. The Balaban J connectivity index is 2.16. The number of ketones is 1. The van der Waals surface area contributed by atoms with Gasteiger partial charge in [0, 0.05) is 18.3 Å². The molecule has 2 rings (SSSR count). The summed E-state index contributed by atoms with van der Waals surface area (Å²) in [6, 6.07) is 0. The number of carbonyl (C=O) groups excluding carboxylic acids is 1. The number of rotatable bonds is 2. The zero-order valence-corrected chi connectivity index (χ0v) is 10.2. The first-order valence-electron chi connectivity index (χ1n) is 6.11. The van der Waals surface area contributed by atoms with Crippen LogP contribution in [-0.4, -0.2) is 17.5 Å². The van der Waals surface area contributed by atoms with Crippen LogP contribution in [-0.2, 0) is 14.6 Å². The normalized spacial score (nSPS) is 43.9. The van der Waals surface area contributed by atoms with Gasteiger partial charge in [0.15, 0.2) is 0 Å². The molecule has 1 aliphatic heterocycles. The van der Waals surface area contributed by atoms with Gasteiger partial charge in [-0.2, -0.15) is 0 Å². The van der Waals surface area contributed by atoms with E-state index in [9.17, 15) is 4.79 Å². The Morgan fingerprint density at radius 1 is 1.56 bits per heavy atom. The molecule has 3 heteroatoms. The molecule has 4 unspecified atom stereocenters. The molecule has 0 N–H and O–H groups in total. The third-order valence-corrected chi connectivity index (χ3v) is 3.88. The van der Waals surface area contributed by atoms with Crippen molar-refractivity contribution in [1.82, 2.24) is 0 Å². The Bertz CT molecular complexity index is 310. The monoisotopic (exact) mass is 224 g/mol. The molecule has 1 saturated carbocycles. The van der Waals surface area contributed by atoms with Gasteiger partial charge in [-0.15, -0.1) is 0 Å². The Morgan fingerprint density at radius 3 is 3.00 bits per heavy atom. The van der Waals surface area contributed by atoms with Crippen molar-refractivity contribution in [2.75, 3.05) is 0 Å². The Kier molecular flexibility index (Phi) is 3.17. The number of Topliss-reactive ketones (excluding diaryl/α,β-unsaturated/α-hetero) is 1. The lowest BCUT2D eigenvalue weighted by molar-refractivity contribution is -0.415. The van der Waals surface area contributed by atoms with Gasteiger partial charge in [-0.25, -0.2) is 9.78 Å². The van der Waals surface area contributed by atoms with Gasteiger partial charge in [-0.05, 0) is 19.8 Å². The molecule has 1 heterocycles. The van der Waals surface area contributed by atoms with Crippen LogP contribution in [0.4, 0.5) is 0 Å². The predicted molar refractivity (Wildman–Crippen MR) is 60.7 cm³/mol. The minimum absolute atomic E-state index is 0.0176. The fraction of sp³-hybridized carbons (Fsp3) is 0.769. The third kappa shape index (κ3) is 1.94. The van der Waals surface area contributed by atoms with Crippen LogP contribution in [0.3, 0.4) is 0 Å². The van der Waals surface area contributed by atoms with E-state index in [2.05, 4.69) is 13.0 Å². The number of hydrogen-bond acceptors (Lipinski definition) is 3. The van der Waals surface area contributed by atoms with Crippen molar-refractivity contribution in [1.29, 1.82) is 0 Å². The zero-order chi connectivity index (χ0) is 11.8. The molecule has 4 atom stereocenters. The first kappa shape index (κ1) is 11.8. The topological polar surface area (TPSA) is 35.5 Å². The van der Waals surface area contributed by atoms with Crippen molar-refractivity contribution >= 4 is 5.78 Å². The molecule has 0 spiro atoms. The molecule has 1 saturated heterocycles. The second-order valence-corrected chi connectivity index (χ2v) is 5.10. The van der Waals surface area contributed by atoms with Gasteiger partial charge < -0.3 is 0 Å². The number of carbonyl (C=O) groups is 1. The lowest BCUT2D eigenvalue weighted by Gasteiger charge is -2.45. The minimum atomic E-state index is -0.428. The van der Waals surface area contributed by atoms with Crippen LogP contribution in [0.25, 0.3) is 0 Å². The second-order valence-electron chi connectivity index (χ2n) is 5.10. The Morgan fingerprint density at radius 2 is 2.31 bits per heavy atom.